The summed E-state index contributed by atoms with van der Waals surface area (Å²) in [4.78, 5) is 21.1. The van der Waals surface area contributed by atoms with E-state index in [0.717, 1.165) is 29.8 Å². The topological polar surface area (TPSA) is 81.9 Å². The van der Waals surface area contributed by atoms with E-state index in [1.807, 2.05) is 31.6 Å². The van der Waals surface area contributed by atoms with E-state index in [0.29, 0.717) is 41.9 Å². The smallest absolute Gasteiger partial charge is 0.367 e. The van der Waals surface area contributed by atoms with Crippen LogP contribution in [0.4, 0.5) is 19.1 Å². The first-order valence-electron chi connectivity index (χ1n) is 12.6. The fourth-order valence-corrected chi connectivity index (χ4v) is 6.31. The largest absolute Gasteiger partial charge is 0.394 e. The van der Waals surface area contributed by atoms with Crippen LogP contribution in [0.5, 0.6) is 0 Å². The minimum absolute atomic E-state index is 0.0617. The summed E-state index contributed by atoms with van der Waals surface area (Å²) in [6, 6.07) is 0.487. The quantitative estimate of drug-likeness (QED) is 0.522. The average molecular weight is 500 g/mol. The van der Waals surface area contributed by atoms with Gasteiger partial charge in [-0.05, 0) is 52.9 Å². The summed E-state index contributed by atoms with van der Waals surface area (Å²) >= 11 is 0. The summed E-state index contributed by atoms with van der Waals surface area (Å²) < 4.78 is 49.1. The molecule has 8 nitrogen and oxygen atoms in total. The molecule has 0 unspecified atom stereocenters. The van der Waals surface area contributed by atoms with E-state index in [-0.39, 0.29) is 31.5 Å². The van der Waals surface area contributed by atoms with Gasteiger partial charge in [0.25, 0.3) is 0 Å². The summed E-state index contributed by atoms with van der Waals surface area (Å²) in [5.74, 6) is 0.482. The molecule has 1 saturated heterocycles. The number of alkyl halides is 3. The molecule has 5 aliphatic rings. The van der Waals surface area contributed by atoms with Crippen molar-refractivity contribution >= 4 is 17.1 Å². The molecule has 0 aromatic carbocycles. The predicted molar refractivity (Wildman–Crippen MR) is 125 cm³/mol. The molecule has 11 heteroatoms. The summed E-state index contributed by atoms with van der Waals surface area (Å²) in [6.45, 7) is 6.84. The first kappa shape index (κ1) is 22.4. The zero-order valence-electron chi connectivity index (χ0n) is 20.5. The SMILES string of the molecule is Cc1nc2nc(N3C[C@@H](c4cnn(C5CC5)c4)O[C@@H](C)C3)nc(C34CC(C(F)(F)F)(C3)C4)c2nc1C. The number of nitrogens with zero attached hydrogens (tertiary/aromatic N) is 7. The third-order valence-corrected chi connectivity index (χ3v) is 8.52. The number of morpholine rings is 1. The molecule has 3 aromatic rings. The maximum Gasteiger partial charge on any atom is 0.394 e. The fraction of sp³-hybridized carbons (Fsp3) is 0.640. The second-order valence-corrected chi connectivity index (χ2v) is 11.4. The summed E-state index contributed by atoms with van der Waals surface area (Å²) in [7, 11) is 0. The van der Waals surface area contributed by atoms with Gasteiger partial charge in [0.15, 0.2) is 5.65 Å². The Hall–Kier alpha value is -2.82. The number of halogens is 3. The third-order valence-electron chi connectivity index (χ3n) is 8.52. The van der Waals surface area contributed by atoms with E-state index >= 15 is 0 Å². The van der Waals surface area contributed by atoms with Crippen molar-refractivity contribution in [2.45, 2.75) is 82.7 Å². The maximum atomic E-state index is 13.6. The Kier molecular flexibility index (Phi) is 4.44. The second-order valence-electron chi connectivity index (χ2n) is 11.4. The van der Waals surface area contributed by atoms with E-state index in [1.54, 1.807) is 0 Å². The van der Waals surface area contributed by atoms with Crippen molar-refractivity contribution in [3.8, 4) is 0 Å². The third kappa shape index (κ3) is 3.20. The second kappa shape index (κ2) is 7.14. The number of fused-ring (bicyclic) bond motifs is 1. The highest BCUT2D eigenvalue weighted by atomic mass is 19.4. The Labute approximate surface area is 206 Å². The molecule has 4 aliphatic carbocycles. The minimum atomic E-state index is -4.18. The number of aromatic nitrogens is 6. The average Bonchev–Trinajstić information content (AvgIpc) is 3.48. The van der Waals surface area contributed by atoms with Gasteiger partial charge in [0.2, 0.25) is 5.95 Å². The van der Waals surface area contributed by atoms with Crippen LogP contribution in [0.3, 0.4) is 0 Å². The normalized spacial score (nSPS) is 31.9. The van der Waals surface area contributed by atoms with Crippen LogP contribution in [-0.4, -0.2) is 55.1 Å². The Morgan fingerprint density at radius 1 is 1.00 bits per heavy atom. The molecule has 4 saturated carbocycles. The van der Waals surface area contributed by atoms with Crippen molar-refractivity contribution in [3.05, 3.63) is 35.0 Å². The lowest BCUT2D eigenvalue weighted by Gasteiger charge is -2.70. The van der Waals surface area contributed by atoms with Crippen molar-refractivity contribution in [2.75, 3.05) is 18.0 Å². The molecule has 1 aliphatic heterocycles. The van der Waals surface area contributed by atoms with Crippen LogP contribution in [0.15, 0.2) is 12.4 Å². The van der Waals surface area contributed by atoms with E-state index in [1.165, 1.54) is 0 Å². The van der Waals surface area contributed by atoms with Gasteiger partial charge in [-0.1, -0.05) is 0 Å². The van der Waals surface area contributed by atoms with E-state index in [2.05, 4.69) is 21.2 Å². The van der Waals surface area contributed by atoms with Gasteiger partial charge in [0, 0.05) is 23.7 Å². The Bertz CT molecular complexity index is 1360. The highest BCUT2D eigenvalue weighted by molar-refractivity contribution is 5.77. The lowest BCUT2D eigenvalue weighted by atomic mass is 9.34. The molecule has 8 rings (SSSR count). The van der Waals surface area contributed by atoms with Crippen LogP contribution in [0.2, 0.25) is 0 Å². The molecule has 5 fully saturated rings. The van der Waals surface area contributed by atoms with Crippen molar-refractivity contribution in [1.82, 2.24) is 29.7 Å². The van der Waals surface area contributed by atoms with Crippen molar-refractivity contribution in [2.24, 2.45) is 5.41 Å². The minimum Gasteiger partial charge on any atom is -0.367 e. The molecule has 2 atom stereocenters. The molecule has 190 valence electrons. The van der Waals surface area contributed by atoms with Gasteiger partial charge in [0.1, 0.15) is 11.6 Å². The zero-order chi connectivity index (χ0) is 25.0. The lowest BCUT2D eigenvalue weighted by Crippen LogP contribution is -2.70. The molecule has 0 spiro atoms. The van der Waals surface area contributed by atoms with Crippen LogP contribution >= 0.6 is 0 Å². The zero-order valence-corrected chi connectivity index (χ0v) is 20.5. The highest BCUT2D eigenvalue weighted by Crippen LogP contribution is 2.78. The number of aryl methyl sites for hydroxylation is 2. The van der Waals surface area contributed by atoms with Gasteiger partial charge in [-0.15, -0.1) is 0 Å². The Morgan fingerprint density at radius 3 is 2.42 bits per heavy atom. The molecule has 36 heavy (non-hydrogen) atoms. The standard InChI is InChI=1S/C25H28F3N7O/c1-13-7-34(9-18(36-13)16-6-29-35(8-16)17-4-5-17)22-32-20(19-21(33-22)31-15(3)14(2)30-19)23-10-24(11-23,12-23)25(26,27)28/h6,8,13,17-18H,4-5,7,9-12H2,1-3H3/t13-,18-,23?,24?/m0/s1. The number of anilines is 1. The molecule has 0 N–H and O–H groups in total. The number of ether oxygens (including phenoxy) is 1. The van der Waals surface area contributed by atoms with E-state index < -0.39 is 17.0 Å². The van der Waals surface area contributed by atoms with Crippen molar-refractivity contribution in [1.29, 1.82) is 0 Å². The Morgan fingerprint density at radius 2 is 1.72 bits per heavy atom. The van der Waals surface area contributed by atoms with Gasteiger partial charge in [-0.2, -0.15) is 23.3 Å². The number of hydrogen-bond acceptors (Lipinski definition) is 7. The van der Waals surface area contributed by atoms with Crippen LogP contribution < -0.4 is 4.90 Å². The fourth-order valence-electron chi connectivity index (χ4n) is 6.31. The summed E-state index contributed by atoms with van der Waals surface area (Å²) in [5.41, 5.74) is 1.91. The highest BCUT2D eigenvalue weighted by Gasteiger charge is 2.79. The summed E-state index contributed by atoms with van der Waals surface area (Å²) in [6.07, 6.45) is 1.95. The van der Waals surface area contributed by atoms with Crippen LogP contribution in [0.1, 0.15) is 73.8 Å². The molecule has 2 bridgehead atoms. The van der Waals surface area contributed by atoms with Gasteiger partial charge in [-0.25, -0.2) is 15.0 Å². The van der Waals surface area contributed by atoms with Gasteiger partial charge >= 0.3 is 6.18 Å². The number of hydrogen-bond donors (Lipinski definition) is 0. The van der Waals surface area contributed by atoms with Crippen molar-refractivity contribution < 1.29 is 17.9 Å². The first-order valence-corrected chi connectivity index (χ1v) is 12.6. The van der Waals surface area contributed by atoms with Gasteiger partial charge < -0.3 is 9.64 Å². The predicted octanol–water partition coefficient (Wildman–Crippen LogP) is 4.52. The first-order chi connectivity index (χ1) is 17.1. The lowest BCUT2D eigenvalue weighted by molar-refractivity contribution is -0.337. The Balaban J connectivity index is 1.26. The molecule has 0 amide bonds. The van der Waals surface area contributed by atoms with Crippen LogP contribution in [-0.2, 0) is 10.2 Å². The molecular weight excluding hydrogens is 471 g/mol. The van der Waals surface area contributed by atoms with Gasteiger partial charge in [-0.3, -0.25) is 4.68 Å². The van der Waals surface area contributed by atoms with E-state index in [4.69, 9.17) is 19.7 Å². The number of rotatable bonds is 4. The van der Waals surface area contributed by atoms with Gasteiger partial charge in [0.05, 0.1) is 47.4 Å². The monoisotopic (exact) mass is 499 g/mol. The summed E-state index contributed by atoms with van der Waals surface area (Å²) in [5, 5.41) is 4.51. The molecule has 4 heterocycles. The molecule has 3 aromatic heterocycles. The van der Waals surface area contributed by atoms with Crippen LogP contribution in [0, 0.1) is 19.3 Å². The van der Waals surface area contributed by atoms with Crippen LogP contribution in [0.25, 0.3) is 11.2 Å². The van der Waals surface area contributed by atoms with E-state index in [9.17, 15) is 13.2 Å². The molecule has 0 radical (unpaired) electrons. The molecular formula is C25H28F3N7O. The maximum absolute atomic E-state index is 13.6. The van der Waals surface area contributed by atoms with Crippen molar-refractivity contribution in [3.63, 3.8) is 0 Å².